The Morgan fingerprint density at radius 2 is 2.08 bits per heavy atom. The number of benzene rings is 1. The van der Waals surface area contributed by atoms with Crippen molar-refractivity contribution < 1.29 is 9.53 Å². The second-order valence-corrected chi connectivity index (χ2v) is 8.09. The van der Waals surface area contributed by atoms with E-state index in [4.69, 9.17) is 28.6 Å². The monoisotopic (exact) mass is 396 g/mol. The number of rotatable bonds is 3. The Morgan fingerprint density at radius 3 is 2.76 bits per heavy atom. The molecule has 1 heterocycles. The van der Waals surface area contributed by atoms with Gasteiger partial charge in [0.15, 0.2) is 5.11 Å². The topological polar surface area (TPSA) is 41.6 Å². The van der Waals surface area contributed by atoms with E-state index >= 15 is 0 Å². The quantitative estimate of drug-likeness (QED) is 0.753. The van der Waals surface area contributed by atoms with E-state index in [0.717, 1.165) is 28.7 Å². The second kappa shape index (κ2) is 7.89. The summed E-state index contributed by atoms with van der Waals surface area (Å²) < 4.78 is 6.15. The van der Waals surface area contributed by atoms with E-state index in [2.05, 4.69) is 5.32 Å². The predicted octanol–water partition coefficient (Wildman–Crippen LogP) is 4.84. The van der Waals surface area contributed by atoms with Crippen molar-refractivity contribution in [2.75, 3.05) is 14.2 Å². The SMILES string of the molecule is COc1ccc2c(Cl)c(C(=O)NC(=S)N(C)C3CCCCC3)sc2c1. The molecule has 25 heavy (non-hydrogen) atoms. The Labute approximate surface area is 162 Å². The predicted molar refractivity (Wildman–Crippen MR) is 108 cm³/mol. The van der Waals surface area contributed by atoms with Gasteiger partial charge in [-0.15, -0.1) is 11.3 Å². The van der Waals surface area contributed by atoms with Crippen molar-refractivity contribution in [3.8, 4) is 5.75 Å². The third-order valence-corrected chi connectivity index (χ3v) is 6.75. The molecule has 1 aromatic heterocycles. The summed E-state index contributed by atoms with van der Waals surface area (Å²) in [7, 11) is 3.57. The molecule has 4 nitrogen and oxygen atoms in total. The van der Waals surface area contributed by atoms with Gasteiger partial charge < -0.3 is 9.64 Å². The number of methoxy groups -OCH3 is 1. The summed E-state index contributed by atoms with van der Waals surface area (Å²) in [6, 6.07) is 6.00. The molecule has 3 rings (SSSR count). The fourth-order valence-corrected chi connectivity index (χ4v) is 4.88. The van der Waals surface area contributed by atoms with Gasteiger partial charge in [0.05, 0.1) is 12.1 Å². The van der Waals surface area contributed by atoms with Crippen LogP contribution in [0.1, 0.15) is 41.8 Å². The van der Waals surface area contributed by atoms with Crippen molar-refractivity contribution in [1.82, 2.24) is 10.2 Å². The maximum absolute atomic E-state index is 12.7. The molecule has 0 atom stereocenters. The minimum atomic E-state index is -0.252. The third kappa shape index (κ3) is 3.91. The average Bonchev–Trinajstić information content (AvgIpc) is 2.97. The average molecular weight is 397 g/mol. The summed E-state index contributed by atoms with van der Waals surface area (Å²) >= 11 is 13.2. The zero-order valence-electron chi connectivity index (χ0n) is 14.3. The van der Waals surface area contributed by atoms with Gasteiger partial charge in [0.2, 0.25) is 0 Å². The van der Waals surface area contributed by atoms with Gasteiger partial charge in [-0.05, 0) is 43.3 Å². The van der Waals surface area contributed by atoms with E-state index in [1.165, 1.54) is 30.6 Å². The van der Waals surface area contributed by atoms with Crippen LogP contribution in [0.4, 0.5) is 0 Å². The van der Waals surface area contributed by atoms with Crippen molar-refractivity contribution in [2.24, 2.45) is 0 Å². The van der Waals surface area contributed by atoms with E-state index in [9.17, 15) is 4.79 Å². The van der Waals surface area contributed by atoms with Gasteiger partial charge in [-0.25, -0.2) is 0 Å². The fraction of sp³-hybridized carbons (Fsp3) is 0.444. The Balaban J connectivity index is 1.75. The molecule has 0 bridgehead atoms. The number of nitrogens with one attached hydrogen (secondary N) is 1. The van der Waals surface area contributed by atoms with Gasteiger partial charge >= 0.3 is 0 Å². The van der Waals surface area contributed by atoms with Crippen LogP contribution in [0.25, 0.3) is 10.1 Å². The van der Waals surface area contributed by atoms with Crippen molar-refractivity contribution in [3.63, 3.8) is 0 Å². The van der Waals surface area contributed by atoms with Crippen LogP contribution >= 0.6 is 35.2 Å². The molecule has 1 N–H and O–H groups in total. The summed E-state index contributed by atoms with van der Waals surface area (Å²) in [6.45, 7) is 0. The van der Waals surface area contributed by atoms with Crippen molar-refractivity contribution >= 4 is 56.3 Å². The van der Waals surface area contributed by atoms with Crippen LogP contribution in [-0.4, -0.2) is 36.1 Å². The molecular weight excluding hydrogens is 376 g/mol. The number of nitrogens with zero attached hydrogens (tertiary/aromatic N) is 1. The van der Waals surface area contributed by atoms with Gasteiger partial charge in [0, 0.05) is 23.2 Å². The lowest BCUT2D eigenvalue weighted by Crippen LogP contribution is -2.46. The van der Waals surface area contributed by atoms with E-state index in [0.29, 0.717) is 21.1 Å². The number of fused-ring (bicyclic) bond motifs is 1. The van der Waals surface area contributed by atoms with Crippen LogP contribution in [0, 0.1) is 0 Å². The molecule has 2 aromatic rings. The molecule has 134 valence electrons. The van der Waals surface area contributed by atoms with E-state index in [1.807, 2.05) is 30.1 Å². The van der Waals surface area contributed by atoms with E-state index in [1.54, 1.807) is 7.11 Å². The first-order chi connectivity index (χ1) is 12.0. The number of amides is 1. The number of carbonyl (C=O) groups is 1. The minimum Gasteiger partial charge on any atom is -0.497 e. The van der Waals surface area contributed by atoms with E-state index in [-0.39, 0.29) is 5.91 Å². The number of thiophene rings is 1. The molecule has 1 fully saturated rings. The summed E-state index contributed by atoms with van der Waals surface area (Å²) in [5.41, 5.74) is 0. The summed E-state index contributed by atoms with van der Waals surface area (Å²) in [5, 5.41) is 4.61. The van der Waals surface area contributed by atoms with Crippen LogP contribution in [0.15, 0.2) is 18.2 Å². The third-order valence-electron chi connectivity index (χ3n) is 4.71. The summed E-state index contributed by atoms with van der Waals surface area (Å²) in [4.78, 5) is 15.1. The Bertz CT molecular complexity index is 800. The molecule has 1 amide bonds. The molecule has 1 aromatic carbocycles. The molecule has 0 aliphatic heterocycles. The molecular formula is C18H21ClN2O2S2. The first-order valence-electron chi connectivity index (χ1n) is 8.35. The Morgan fingerprint density at radius 1 is 1.36 bits per heavy atom. The van der Waals surface area contributed by atoms with Crippen molar-refractivity contribution in [2.45, 2.75) is 38.1 Å². The highest BCUT2D eigenvalue weighted by atomic mass is 35.5. The highest BCUT2D eigenvalue weighted by Gasteiger charge is 2.23. The minimum absolute atomic E-state index is 0.252. The van der Waals surface area contributed by atoms with Crippen molar-refractivity contribution in [3.05, 3.63) is 28.1 Å². The van der Waals surface area contributed by atoms with Crippen LogP contribution in [0.2, 0.25) is 5.02 Å². The zero-order chi connectivity index (χ0) is 18.0. The van der Waals surface area contributed by atoms with Crippen LogP contribution in [-0.2, 0) is 0 Å². The Kier molecular flexibility index (Phi) is 5.81. The lowest BCUT2D eigenvalue weighted by atomic mass is 9.95. The van der Waals surface area contributed by atoms with Gasteiger partial charge in [0.25, 0.3) is 5.91 Å². The molecule has 1 aliphatic carbocycles. The molecule has 0 saturated heterocycles. The van der Waals surface area contributed by atoms with Crippen LogP contribution in [0.5, 0.6) is 5.75 Å². The van der Waals surface area contributed by atoms with Crippen LogP contribution in [0.3, 0.4) is 0 Å². The smallest absolute Gasteiger partial charge is 0.269 e. The normalized spacial score (nSPS) is 15.2. The van der Waals surface area contributed by atoms with Crippen LogP contribution < -0.4 is 10.1 Å². The number of hydrogen-bond acceptors (Lipinski definition) is 4. The molecule has 1 saturated carbocycles. The molecule has 1 aliphatic rings. The largest absolute Gasteiger partial charge is 0.497 e. The molecule has 0 unspecified atom stereocenters. The maximum Gasteiger partial charge on any atom is 0.269 e. The fourth-order valence-electron chi connectivity index (χ4n) is 3.19. The van der Waals surface area contributed by atoms with Gasteiger partial charge in [-0.3, -0.25) is 10.1 Å². The lowest BCUT2D eigenvalue weighted by Gasteiger charge is -2.32. The van der Waals surface area contributed by atoms with E-state index < -0.39 is 0 Å². The first-order valence-corrected chi connectivity index (χ1v) is 9.95. The standard InChI is InChI=1S/C18H21ClN2O2S2/c1-21(11-6-4-3-5-7-11)18(24)20-17(22)16-15(19)13-9-8-12(23-2)10-14(13)25-16/h8-11H,3-7H2,1-2H3,(H,20,22,24). The lowest BCUT2D eigenvalue weighted by molar-refractivity contribution is 0.0976. The maximum atomic E-state index is 12.7. The number of ether oxygens (including phenoxy) is 1. The van der Waals surface area contributed by atoms with Gasteiger partial charge in [-0.1, -0.05) is 30.9 Å². The number of halogens is 1. The molecule has 7 heteroatoms. The van der Waals surface area contributed by atoms with Crippen molar-refractivity contribution in [1.29, 1.82) is 0 Å². The summed E-state index contributed by atoms with van der Waals surface area (Å²) in [6.07, 6.45) is 5.96. The first kappa shape index (κ1) is 18.4. The highest BCUT2D eigenvalue weighted by Crippen LogP contribution is 2.37. The highest BCUT2D eigenvalue weighted by molar-refractivity contribution is 7.80. The summed E-state index contributed by atoms with van der Waals surface area (Å²) in [5.74, 6) is 0.489. The Hall–Kier alpha value is -1.37. The second-order valence-electron chi connectivity index (χ2n) is 6.27. The molecule has 0 radical (unpaired) electrons. The zero-order valence-corrected chi connectivity index (χ0v) is 16.7. The molecule has 0 spiro atoms. The van der Waals surface area contributed by atoms with Gasteiger partial charge in [0.1, 0.15) is 10.6 Å². The number of thiocarbonyl (C=S) groups is 1. The van der Waals surface area contributed by atoms with Gasteiger partial charge in [-0.2, -0.15) is 0 Å². The number of hydrogen-bond donors (Lipinski definition) is 1. The number of carbonyl (C=O) groups excluding carboxylic acids is 1.